The van der Waals surface area contributed by atoms with Gasteiger partial charge in [0.15, 0.2) is 0 Å². The van der Waals surface area contributed by atoms with Crippen molar-refractivity contribution in [1.29, 1.82) is 0 Å². The first-order chi connectivity index (χ1) is 17.3. The van der Waals surface area contributed by atoms with Gasteiger partial charge in [-0.15, -0.1) is 0 Å². The zero-order valence-corrected chi connectivity index (χ0v) is 19.0. The lowest BCUT2D eigenvalue weighted by Crippen LogP contribution is -1.98. The molecular formula is C30H24N4O. The number of nitrogens with zero attached hydrogens (tertiary/aromatic N) is 4. The number of phenolic OH excluding ortho intramolecular Hbond substituents is 1. The molecule has 5 heteroatoms. The van der Waals surface area contributed by atoms with Crippen LogP contribution in [-0.4, -0.2) is 24.7 Å². The Balaban J connectivity index is 0.000000147. The summed E-state index contributed by atoms with van der Waals surface area (Å²) in [6, 6.07) is 37.6. The van der Waals surface area contributed by atoms with Crippen molar-refractivity contribution in [3.05, 3.63) is 140 Å². The number of rotatable bonds is 4. The van der Waals surface area contributed by atoms with E-state index in [-0.39, 0.29) is 0 Å². The third kappa shape index (κ3) is 5.04. The van der Waals surface area contributed by atoms with Crippen LogP contribution in [0, 0.1) is 0 Å². The van der Waals surface area contributed by atoms with Crippen molar-refractivity contribution >= 4 is 0 Å². The molecule has 0 saturated heterocycles. The van der Waals surface area contributed by atoms with Crippen LogP contribution in [0.15, 0.2) is 140 Å². The Morgan fingerprint density at radius 2 is 0.943 bits per heavy atom. The summed E-state index contributed by atoms with van der Waals surface area (Å²) in [5.41, 5.74) is 5.83. The quantitative estimate of drug-likeness (QED) is 0.318. The molecule has 0 aliphatic heterocycles. The summed E-state index contributed by atoms with van der Waals surface area (Å²) in [5.74, 6) is 0.333. The smallest absolute Gasteiger partial charge is 0.131 e. The van der Waals surface area contributed by atoms with Crippen molar-refractivity contribution in [2.75, 3.05) is 0 Å². The van der Waals surface area contributed by atoms with Crippen molar-refractivity contribution in [1.82, 2.24) is 19.6 Å². The van der Waals surface area contributed by atoms with Crippen LogP contribution in [0.2, 0.25) is 0 Å². The Morgan fingerprint density at radius 1 is 0.486 bits per heavy atom. The standard InChI is InChI=1S/C18H14O.C12H10N4/c19-18-16(14-8-3-1-4-9-14)12-7-13-17(18)15-10-5-2-6-11-15;1-4-11(15-8-2-6-13-15)10-12(5-1)16-9-3-7-14-16/h1-13,19H;1-10H. The molecule has 0 bridgehead atoms. The molecule has 0 aliphatic carbocycles. The van der Waals surface area contributed by atoms with E-state index < -0.39 is 0 Å². The van der Waals surface area contributed by atoms with Crippen molar-refractivity contribution in [2.45, 2.75) is 0 Å². The number of para-hydroxylation sites is 1. The van der Waals surface area contributed by atoms with Gasteiger partial charge in [-0.25, -0.2) is 9.36 Å². The molecule has 0 aliphatic rings. The van der Waals surface area contributed by atoms with Gasteiger partial charge in [0.05, 0.1) is 11.4 Å². The minimum Gasteiger partial charge on any atom is -0.507 e. The van der Waals surface area contributed by atoms with E-state index in [2.05, 4.69) is 10.2 Å². The average Bonchev–Trinajstić information content (AvgIpc) is 3.66. The van der Waals surface area contributed by atoms with Crippen LogP contribution in [0.1, 0.15) is 0 Å². The monoisotopic (exact) mass is 456 g/mol. The third-order valence-electron chi connectivity index (χ3n) is 5.57. The van der Waals surface area contributed by atoms with E-state index in [1.165, 1.54) is 0 Å². The molecule has 0 spiro atoms. The fourth-order valence-electron chi connectivity index (χ4n) is 3.87. The molecule has 4 aromatic carbocycles. The van der Waals surface area contributed by atoms with Gasteiger partial charge in [0.25, 0.3) is 0 Å². The lowest BCUT2D eigenvalue weighted by atomic mass is 9.97. The molecule has 5 nitrogen and oxygen atoms in total. The highest BCUT2D eigenvalue weighted by Gasteiger charge is 2.09. The van der Waals surface area contributed by atoms with Crippen molar-refractivity contribution in [3.63, 3.8) is 0 Å². The number of benzene rings is 4. The van der Waals surface area contributed by atoms with E-state index in [0.717, 1.165) is 33.6 Å². The van der Waals surface area contributed by atoms with Gasteiger partial charge in [0.2, 0.25) is 0 Å². The summed E-state index contributed by atoms with van der Waals surface area (Å²) >= 11 is 0. The normalized spacial score (nSPS) is 10.4. The zero-order valence-electron chi connectivity index (χ0n) is 19.0. The van der Waals surface area contributed by atoms with Gasteiger partial charge in [0, 0.05) is 35.9 Å². The topological polar surface area (TPSA) is 55.9 Å². The van der Waals surface area contributed by atoms with Gasteiger partial charge in [-0.2, -0.15) is 10.2 Å². The lowest BCUT2D eigenvalue weighted by Gasteiger charge is -2.10. The average molecular weight is 457 g/mol. The second-order valence-corrected chi connectivity index (χ2v) is 7.85. The second-order valence-electron chi connectivity index (χ2n) is 7.85. The molecule has 2 heterocycles. The summed E-state index contributed by atoms with van der Waals surface area (Å²) in [6.07, 6.45) is 7.37. The molecule has 170 valence electrons. The Hall–Kier alpha value is -4.90. The van der Waals surface area contributed by atoms with Crippen LogP contribution in [0.3, 0.4) is 0 Å². The second kappa shape index (κ2) is 10.4. The van der Waals surface area contributed by atoms with Gasteiger partial charge in [-0.1, -0.05) is 84.9 Å². The van der Waals surface area contributed by atoms with Crippen LogP contribution in [0.25, 0.3) is 33.6 Å². The first-order valence-electron chi connectivity index (χ1n) is 11.3. The molecule has 0 fully saturated rings. The summed E-state index contributed by atoms with van der Waals surface area (Å²) in [6.45, 7) is 0. The van der Waals surface area contributed by atoms with Crippen LogP contribution in [0.5, 0.6) is 5.75 Å². The van der Waals surface area contributed by atoms with Crippen LogP contribution < -0.4 is 0 Å². The van der Waals surface area contributed by atoms with Crippen molar-refractivity contribution in [3.8, 4) is 39.4 Å². The van der Waals surface area contributed by atoms with E-state index in [4.69, 9.17) is 0 Å². The molecule has 6 rings (SSSR count). The largest absolute Gasteiger partial charge is 0.507 e. The van der Waals surface area contributed by atoms with Gasteiger partial charge in [-0.3, -0.25) is 0 Å². The first-order valence-corrected chi connectivity index (χ1v) is 11.3. The maximum absolute atomic E-state index is 10.5. The highest BCUT2D eigenvalue weighted by molar-refractivity contribution is 5.81. The predicted molar refractivity (Wildman–Crippen MR) is 140 cm³/mol. The molecule has 2 aromatic heterocycles. The predicted octanol–water partition coefficient (Wildman–Crippen LogP) is 6.78. The van der Waals surface area contributed by atoms with Crippen LogP contribution in [-0.2, 0) is 0 Å². The highest BCUT2D eigenvalue weighted by Crippen LogP contribution is 2.37. The number of aromatic hydroxyl groups is 1. The fourth-order valence-corrected chi connectivity index (χ4v) is 3.87. The van der Waals surface area contributed by atoms with E-state index in [1.807, 2.05) is 137 Å². The van der Waals surface area contributed by atoms with Crippen molar-refractivity contribution in [2.24, 2.45) is 0 Å². The zero-order chi connectivity index (χ0) is 23.9. The first kappa shape index (κ1) is 21.9. The van der Waals surface area contributed by atoms with E-state index in [1.54, 1.807) is 12.4 Å². The molecule has 35 heavy (non-hydrogen) atoms. The number of aromatic nitrogens is 4. The molecule has 1 N–H and O–H groups in total. The molecule has 6 aromatic rings. The Labute approximate surface area is 204 Å². The lowest BCUT2D eigenvalue weighted by molar-refractivity contribution is 0.479. The van der Waals surface area contributed by atoms with Gasteiger partial charge in [-0.05, 0) is 41.5 Å². The molecule has 0 amide bonds. The summed E-state index contributed by atoms with van der Waals surface area (Å²) in [7, 11) is 0. The van der Waals surface area contributed by atoms with Crippen molar-refractivity contribution < 1.29 is 5.11 Å². The van der Waals surface area contributed by atoms with E-state index in [0.29, 0.717) is 5.75 Å². The Morgan fingerprint density at radius 3 is 1.37 bits per heavy atom. The van der Waals surface area contributed by atoms with E-state index >= 15 is 0 Å². The van der Waals surface area contributed by atoms with Gasteiger partial charge < -0.3 is 5.11 Å². The third-order valence-corrected chi connectivity index (χ3v) is 5.57. The summed E-state index contributed by atoms with van der Waals surface area (Å²) in [5, 5.41) is 18.9. The fraction of sp³-hybridized carbons (Fsp3) is 0. The van der Waals surface area contributed by atoms with Gasteiger partial charge in [0.1, 0.15) is 5.75 Å². The molecule has 0 unspecified atom stereocenters. The van der Waals surface area contributed by atoms with Crippen LogP contribution >= 0.6 is 0 Å². The van der Waals surface area contributed by atoms with Crippen LogP contribution in [0.4, 0.5) is 0 Å². The molecule has 0 radical (unpaired) electrons. The summed E-state index contributed by atoms with van der Waals surface area (Å²) < 4.78 is 3.65. The van der Waals surface area contributed by atoms with Gasteiger partial charge >= 0.3 is 0 Å². The maximum Gasteiger partial charge on any atom is 0.131 e. The number of hydrogen-bond donors (Lipinski definition) is 1. The minimum absolute atomic E-state index is 0.333. The summed E-state index contributed by atoms with van der Waals surface area (Å²) in [4.78, 5) is 0. The SMILES string of the molecule is Oc1c(-c2ccccc2)cccc1-c1ccccc1.c1cc(-n2cccn2)cc(-n2cccn2)c1. The Bertz CT molecular complexity index is 1370. The maximum atomic E-state index is 10.5. The van der Waals surface area contributed by atoms with E-state index in [9.17, 15) is 5.11 Å². The Kier molecular flexibility index (Phi) is 6.49. The molecule has 0 saturated carbocycles. The number of phenols is 1. The molecular weight excluding hydrogens is 432 g/mol. The minimum atomic E-state index is 0.333. The highest BCUT2D eigenvalue weighted by atomic mass is 16.3. The molecule has 0 atom stereocenters. The number of hydrogen-bond acceptors (Lipinski definition) is 3.